The third-order valence-corrected chi connectivity index (χ3v) is 4.77. The van der Waals surface area contributed by atoms with E-state index in [4.69, 9.17) is 0 Å². The van der Waals surface area contributed by atoms with E-state index in [1.54, 1.807) is 11.8 Å². The van der Waals surface area contributed by atoms with Crippen LogP contribution in [0.4, 0.5) is 0 Å². The van der Waals surface area contributed by atoms with Gasteiger partial charge in [0.15, 0.2) is 0 Å². The molecule has 0 saturated carbocycles. The Hall–Kier alpha value is -1.00. The number of nitrogens with one attached hydrogen (secondary N) is 1. The molecule has 1 N–H and O–H groups in total. The van der Waals surface area contributed by atoms with Gasteiger partial charge in [0.2, 0.25) is 0 Å². The van der Waals surface area contributed by atoms with E-state index in [2.05, 4.69) is 17.1 Å². The zero-order valence-corrected chi connectivity index (χ0v) is 13.2. The fourth-order valence-electron chi connectivity index (χ4n) is 2.73. The van der Waals surface area contributed by atoms with Gasteiger partial charge in [-0.2, -0.15) is 0 Å². The van der Waals surface area contributed by atoms with Crippen LogP contribution in [0.2, 0.25) is 0 Å². The van der Waals surface area contributed by atoms with Crippen LogP contribution in [-0.2, 0) is 0 Å². The van der Waals surface area contributed by atoms with E-state index in [0.717, 1.165) is 23.5 Å². The second-order valence-electron chi connectivity index (χ2n) is 5.34. The highest BCUT2D eigenvalue weighted by Gasteiger charge is 2.18. The summed E-state index contributed by atoms with van der Waals surface area (Å²) in [6.45, 7) is 5.13. The van der Waals surface area contributed by atoms with Crippen LogP contribution in [0.15, 0.2) is 29.2 Å². The van der Waals surface area contributed by atoms with Crippen molar-refractivity contribution in [3.8, 4) is 0 Å². The van der Waals surface area contributed by atoms with Crippen molar-refractivity contribution in [2.45, 2.75) is 37.1 Å². The lowest BCUT2D eigenvalue weighted by atomic mass is 10.0. The Labute approximate surface area is 126 Å². The standard InChI is InChI=1S/C16H24N2OS/c1-13-7-5-6-11-18(13)12-10-17-16(19)14-8-3-4-9-15(14)20-2/h3-4,8-9,13H,5-7,10-12H2,1-2H3,(H,17,19)/t13-/m0/s1. The Morgan fingerprint density at radius 1 is 1.40 bits per heavy atom. The summed E-state index contributed by atoms with van der Waals surface area (Å²) in [6, 6.07) is 8.43. The van der Waals surface area contributed by atoms with E-state index in [9.17, 15) is 4.79 Å². The maximum atomic E-state index is 12.2. The Morgan fingerprint density at radius 2 is 2.20 bits per heavy atom. The molecule has 1 aromatic rings. The first-order valence-corrected chi connectivity index (χ1v) is 8.60. The molecule has 20 heavy (non-hydrogen) atoms. The van der Waals surface area contributed by atoms with Gasteiger partial charge in [-0.25, -0.2) is 0 Å². The van der Waals surface area contributed by atoms with Crippen molar-refractivity contribution in [2.24, 2.45) is 0 Å². The molecule has 1 aliphatic rings. The van der Waals surface area contributed by atoms with E-state index in [0.29, 0.717) is 6.04 Å². The van der Waals surface area contributed by atoms with Crippen LogP contribution in [0.1, 0.15) is 36.5 Å². The van der Waals surface area contributed by atoms with E-state index in [1.807, 2.05) is 30.5 Å². The van der Waals surface area contributed by atoms with Gasteiger partial charge in [-0.3, -0.25) is 9.69 Å². The zero-order chi connectivity index (χ0) is 14.4. The lowest BCUT2D eigenvalue weighted by Gasteiger charge is -2.33. The summed E-state index contributed by atoms with van der Waals surface area (Å²) in [5, 5.41) is 3.05. The first-order chi connectivity index (χ1) is 9.72. The highest BCUT2D eigenvalue weighted by atomic mass is 32.2. The summed E-state index contributed by atoms with van der Waals surface area (Å²) in [5.41, 5.74) is 0.784. The van der Waals surface area contributed by atoms with Gasteiger partial charge in [-0.15, -0.1) is 11.8 Å². The number of carbonyl (C=O) groups is 1. The summed E-state index contributed by atoms with van der Waals surface area (Å²) >= 11 is 1.61. The van der Waals surface area contributed by atoms with Crippen molar-refractivity contribution in [1.82, 2.24) is 10.2 Å². The van der Waals surface area contributed by atoms with Crippen LogP contribution in [0.5, 0.6) is 0 Å². The molecule has 4 heteroatoms. The van der Waals surface area contributed by atoms with Crippen molar-refractivity contribution < 1.29 is 4.79 Å². The fraction of sp³-hybridized carbons (Fsp3) is 0.562. The number of thioether (sulfide) groups is 1. The second kappa shape index (κ2) is 7.70. The molecular formula is C16H24N2OS. The lowest BCUT2D eigenvalue weighted by molar-refractivity contribution is 0.0935. The highest BCUT2D eigenvalue weighted by molar-refractivity contribution is 7.98. The van der Waals surface area contributed by atoms with E-state index >= 15 is 0 Å². The van der Waals surface area contributed by atoms with Gasteiger partial charge in [-0.1, -0.05) is 18.6 Å². The summed E-state index contributed by atoms with van der Waals surface area (Å²) < 4.78 is 0. The number of benzene rings is 1. The highest BCUT2D eigenvalue weighted by Crippen LogP contribution is 2.19. The predicted molar refractivity (Wildman–Crippen MR) is 85.4 cm³/mol. The predicted octanol–water partition coefficient (Wildman–Crippen LogP) is 3.01. The molecule has 1 saturated heterocycles. The smallest absolute Gasteiger partial charge is 0.252 e. The molecule has 0 aliphatic carbocycles. The molecule has 1 aromatic carbocycles. The molecule has 0 spiro atoms. The van der Waals surface area contributed by atoms with Gasteiger partial charge in [-0.05, 0) is 44.7 Å². The molecular weight excluding hydrogens is 268 g/mol. The molecule has 110 valence electrons. The Kier molecular flexibility index (Phi) is 5.92. The molecule has 1 aliphatic heterocycles. The molecule has 0 radical (unpaired) electrons. The number of nitrogens with zero attached hydrogens (tertiary/aromatic N) is 1. The summed E-state index contributed by atoms with van der Waals surface area (Å²) in [7, 11) is 0. The fourth-order valence-corrected chi connectivity index (χ4v) is 3.33. The molecule has 0 aromatic heterocycles. The van der Waals surface area contributed by atoms with Crippen molar-refractivity contribution in [3.63, 3.8) is 0 Å². The van der Waals surface area contributed by atoms with Crippen molar-refractivity contribution in [3.05, 3.63) is 29.8 Å². The molecule has 1 amide bonds. The molecule has 0 unspecified atom stereocenters. The number of hydrogen-bond acceptors (Lipinski definition) is 3. The maximum absolute atomic E-state index is 12.2. The van der Waals surface area contributed by atoms with Crippen LogP contribution in [0.25, 0.3) is 0 Å². The van der Waals surface area contributed by atoms with Crippen LogP contribution in [0, 0.1) is 0 Å². The largest absolute Gasteiger partial charge is 0.351 e. The number of rotatable bonds is 5. The third kappa shape index (κ3) is 4.00. The van der Waals surface area contributed by atoms with Gasteiger partial charge in [0.1, 0.15) is 0 Å². The van der Waals surface area contributed by atoms with Gasteiger partial charge in [0.05, 0.1) is 5.56 Å². The minimum atomic E-state index is 0.0413. The minimum absolute atomic E-state index is 0.0413. The van der Waals surface area contributed by atoms with Crippen LogP contribution < -0.4 is 5.32 Å². The lowest BCUT2D eigenvalue weighted by Crippen LogP contribution is -2.42. The first kappa shape index (κ1) is 15.4. The Bertz CT molecular complexity index is 450. The molecule has 3 nitrogen and oxygen atoms in total. The molecule has 0 bridgehead atoms. The van der Waals surface area contributed by atoms with Crippen LogP contribution in [0.3, 0.4) is 0 Å². The molecule has 1 atom stereocenters. The second-order valence-corrected chi connectivity index (χ2v) is 6.19. The topological polar surface area (TPSA) is 32.3 Å². The number of carbonyl (C=O) groups excluding carboxylic acids is 1. The van der Waals surface area contributed by atoms with Gasteiger partial charge in [0.25, 0.3) is 5.91 Å². The Morgan fingerprint density at radius 3 is 2.95 bits per heavy atom. The quantitative estimate of drug-likeness (QED) is 0.847. The van der Waals surface area contributed by atoms with Crippen molar-refractivity contribution in [1.29, 1.82) is 0 Å². The summed E-state index contributed by atoms with van der Waals surface area (Å²) in [5.74, 6) is 0.0413. The number of amides is 1. The number of hydrogen-bond donors (Lipinski definition) is 1. The normalized spacial score (nSPS) is 19.8. The van der Waals surface area contributed by atoms with Crippen LogP contribution in [-0.4, -0.2) is 42.7 Å². The molecule has 1 heterocycles. The maximum Gasteiger partial charge on any atom is 0.252 e. The van der Waals surface area contributed by atoms with E-state index in [1.165, 1.54) is 25.8 Å². The monoisotopic (exact) mass is 292 g/mol. The van der Waals surface area contributed by atoms with Crippen molar-refractivity contribution >= 4 is 17.7 Å². The minimum Gasteiger partial charge on any atom is -0.351 e. The Balaban J connectivity index is 1.83. The average Bonchev–Trinajstić information content (AvgIpc) is 2.49. The van der Waals surface area contributed by atoms with Gasteiger partial charge >= 0.3 is 0 Å². The van der Waals surface area contributed by atoms with Crippen molar-refractivity contribution in [2.75, 3.05) is 25.9 Å². The number of piperidine rings is 1. The SMILES string of the molecule is CSc1ccccc1C(=O)NCCN1CCCC[C@@H]1C. The zero-order valence-electron chi connectivity index (χ0n) is 12.4. The van der Waals surface area contributed by atoms with E-state index in [-0.39, 0.29) is 5.91 Å². The summed E-state index contributed by atoms with van der Waals surface area (Å²) in [4.78, 5) is 15.7. The molecule has 2 rings (SSSR count). The third-order valence-electron chi connectivity index (χ3n) is 3.98. The first-order valence-electron chi connectivity index (χ1n) is 7.37. The average molecular weight is 292 g/mol. The van der Waals surface area contributed by atoms with Gasteiger partial charge in [0, 0.05) is 24.0 Å². The number of likely N-dealkylation sites (tertiary alicyclic amines) is 1. The summed E-state index contributed by atoms with van der Waals surface area (Å²) in [6.07, 6.45) is 5.91. The molecule has 1 fully saturated rings. The van der Waals surface area contributed by atoms with Crippen LogP contribution >= 0.6 is 11.8 Å². The van der Waals surface area contributed by atoms with Gasteiger partial charge < -0.3 is 5.32 Å². The van der Waals surface area contributed by atoms with E-state index < -0.39 is 0 Å².